The fraction of sp³-hybridized carbons (Fsp3) is 0.533. The summed E-state index contributed by atoms with van der Waals surface area (Å²) in [5.41, 5.74) is -0.988. The molecule has 5 nitrogen and oxygen atoms in total. The van der Waals surface area contributed by atoms with E-state index >= 15 is 0 Å². The van der Waals surface area contributed by atoms with Crippen LogP contribution in [0.25, 0.3) is 0 Å². The van der Waals surface area contributed by atoms with Gasteiger partial charge in [0.25, 0.3) is 0 Å². The van der Waals surface area contributed by atoms with Crippen LogP contribution in [0.5, 0.6) is 0 Å². The Balaban J connectivity index is 2.04. The molecule has 0 unspecified atom stereocenters. The molecule has 0 heterocycles. The molecule has 1 fully saturated rings. The van der Waals surface area contributed by atoms with Gasteiger partial charge in [0.1, 0.15) is 0 Å². The summed E-state index contributed by atoms with van der Waals surface area (Å²) in [7, 11) is -3.82. The van der Waals surface area contributed by atoms with Gasteiger partial charge in [-0.25, -0.2) is 13.2 Å². The fourth-order valence-corrected chi connectivity index (χ4v) is 4.66. The number of carboxylic acid groups (broad SMARTS) is 1. The average molecular weight is 365 g/mol. The minimum Gasteiger partial charge on any atom is -0.465 e. The van der Waals surface area contributed by atoms with E-state index in [0.29, 0.717) is 31.7 Å². The molecule has 1 saturated carbocycles. The summed E-state index contributed by atoms with van der Waals surface area (Å²) in [6.07, 6.45) is -3.63. The van der Waals surface area contributed by atoms with Crippen molar-refractivity contribution in [3.05, 3.63) is 29.8 Å². The van der Waals surface area contributed by atoms with Gasteiger partial charge >= 0.3 is 12.3 Å². The predicted molar refractivity (Wildman–Crippen MR) is 80.4 cm³/mol. The highest BCUT2D eigenvalue weighted by atomic mass is 32.2. The SMILES string of the molecule is O=C(O)N[C@H]1CC[C@H](CS(=O)(=O)c2cccc(C(F)(F)F)c2)CC1. The lowest BCUT2D eigenvalue weighted by Gasteiger charge is -2.28. The number of sulfone groups is 1. The number of benzene rings is 1. The molecule has 1 aromatic carbocycles. The first-order chi connectivity index (χ1) is 11.1. The van der Waals surface area contributed by atoms with Crippen molar-refractivity contribution in [1.82, 2.24) is 5.32 Å². The molecule has 1 aliphatic rings. The topological polar surface area (TPSA) is 83.5 Å². The normalized spacial score (nSPS) is 22.1. The lowest BCUT2D eigenvalue weighted by molar-refractivity contribution is -0.137. The third-order valence-electron chi connectivity index (χ3n) is 4.15. The Morgan fingerprint density at radius 1 is 1.21 bits per heavy atom. The van der Waals surface area contributed by atoms with Crippen LogP contribution in [0.2, 0.25) is 0 Å². The number of hydrogen-bond acceptors (Lipinski definition) is 3. The van der Waals surface area contributed by atoms with Crippen molar-refractivity contribution in [3.63, 3.8) is 0 Å². The van der Waals surface area contributed by atoms with Crippen LogP contribution in [0, 0.1) is 5.92 Å². The van der Waals surface area contributed by atoms with E-state index in [0.717, 1.165) is 12.1 Å². The second-order valence-corrected chi connectivity index (χ2v) is 8.01. The summed E-state index contributed by atoms with van der Waals surface area (Å²) in [6.45, 7) is 0. The average Bonchev–Trinajstić information content (AvgIpc) is 2.48. The highest BCUT2D eigenvalue weighted by molar-refractivity contribution is 7.91. The molecular weight excluding hydrogens is 347 g/mol. The maximum atomic E-state index is 12.7. The van der Waals surface area contributed by atoms with Crippen LogP contribution < -0.4 is 5.32 Å². The lowest BCUT2D eigenvalue weighted by Crippen LogP contribution is -2.37. The number of hydrogen-bond donors (Lipinski definition) is 2. The van der Waals surface area contributed by atoms with Gasteiger partial charge in [-0.3, -0.25) is 0 Å². The molecule has 0 aromatic heterocycles. The van der Waals surface area contributed by atoms with Gasteiger partial charge in [0.2, 0.25) is 0 Å². The van der Waals surface area contributed by atoms with E-state index in [4.69, 9.17) is 5.11 Å². The standard InChI is InChI=1S/C15H18F3NO4S/c16-15(17,18)11-2-1-3-13(8-11)24(22,23)9-10-4-6-12(7-5-10)19-14(20)21/h1-3,8,10,12,19H,4-7,9H2,(H,20,21)/t10-,12-. The van der Waals surface area contributed by atoms with E-state index in [-0.39, 0.29) is 22.6 Å². The second kappa shape index (κ2) is 7.00. The number of alkyl halides is 3. The zero-order valence-electron chi connectivity index (χ0n) is 12.7. The number of nitrogens with one attached hydrogen (secondary N) is 1. The van der Waals surface area contributed by atoms with Crippen molar-refractivity contribution >= 4 is 15.9 Å². The first kappa shape index (κ1) is 18.6. The molecule has 0 atom stereocenters. The molecule has 0 aliphatic heterocycles. The number of halogens is 3. The van der Waals surface area contributed by atoms with Crippen molar-refractivity contribution in [2.45, 2.75) is 42.8 Å². The van der Waals surface area contributed by atoms with Gasteiger partial charge in [0, 0.05) is 6.04 Å². The summed E-state index contributed by atoms with van der Waals surface area (Å²) in [5.74, 6) is -0.412. The Morgan fingerprint density at radius 3 is 2.38 bits per heavy atom. The predicted octanol–water partition coefficient (Wildman–Crippen LogP) is 3.31. The summed E-state index contributed by atoms with van der Waals surface area (Å²) in [5, 5.41) is 11.0. The molecular formula is C15H18F3NO4S. The molecule has 2 N–H and O–H groups in total. The smallest absolute Gasteiger partial charge is 0.416 e. The summed E-state index contributed by atoms with van der Waals surface area (Å²) in [6, 6.07) is 3.55. The molecule has 24 heavy (non-hydrogen) atoms. The van der Waals surface area contributed by atoms with Crippen molar-refractivity contribution in [2.24, 2.45) is 5.92 Å². The molecule has 0 saturated heterocycles. The molecule has 1 aliphatic carbocycles. The largest absolute Gasteiger partial charge is 0.465 e. The van der Waals surface area contributed by atoms with Crippen LogP contribution in [-0.4, -0.2) is 31.4 Å². The number of rotatable bonds is 4. The third kappa shape index (κ3) is 4.86. The Kier molecular flexibility index (Phi) is 5.42. The van der Waals surface area contributed by atoms with Crippen LogP contribution in [0.3, 0.4) is 0 Å². The Morgan fingerprint density at radius 2 is 1.83 bits per heavy atom. The van der Waals surface area contributed by atoms with E-state index in [2.05, 4.69) is 5.32 Å². The quantitative estimate of drug-likeness (QED) is 0.858. The van der Waals surface area contributed by atoms with Crippen molar-refractivity contribution in [2.75, 3.05) is 5.75 Å². The molecule has 0 radical (unpaired) electrons. The van der Waals surface area contributed by atoms with Crippen LogP contribution in [0.15, 0.2) is 29.2 Å². The second-order valence-electron chi connectivity index (χ2n) is 5.97. The van der Waals surface area contributed by atoms with E-state index < -0.39 is 27.7 Å². The van der Waals surface area contributed by atoms with Crippen LogP contribution in [0.1, 0.15) is 31.2 Å². The van der Waals surface area contributed by atoms with Crippen LogP contribution >= 0.6 is 0 Å². The third-order valence-corrected chi connectivity index (χ3v) is 6.03. The van der Waals surface area contributed by atoms with E-state index in [1.54, 1.807) is 0 Å². The first-order valence-electron chi connectivity index (χ1n) is 7.47. The molecule has 0 spiro atoms. The van der Waals surface area contributed by atoms with Crippen LogP contribution in [-0.2, 0) is 16.0 Å². The van der Waals surface area contributed by atoms with Gasteiger partial charge in [-0.2, -0.15) is 13.2 Å². The molecule has 134 valence electrons. The summed E-state index contributed by atoms with van der Waals surface area (Å²) < 4.78 is 62.9. The molecule has 0 bridgehead atoms. The van der Waals surface area contributed by atoms with Gasteiger partial charge in [0.15, 0.2) is 9.84 Å². The molecule has 9 heteroatoms. The summed E-state index contributed by atoms with van der Waals surface area (Å²) >= 11 is 0. The highest BCUT2D eigenvalue weighted by Gasteiger charge is 2.32. The first-order valence-corrected chi connectivity index (χ1v) is 9.12. The van der Waals surface area contributed by atoms with Crippen molar-refractivity contribution in [1.29, 1.82) is 0 Å². The van der Waals surface area contributed by atoms with Crippen molar-refractivity contribution in [3.8, 4) is 0 Å². The highest BCUT2D eigenvalue weighted by Crippen LogP contribution is 2.32. The van der Waals surface area contributed by atoms with Gasteiger partial charge < -0.3 is 10.4 Å². The van der Waals surface area contributed by atoms with E-state index in [1.165, 1.54) is 6.07 Å². The number of carbonyl (C=O) groups is 1. The minimum atomic E-state index is -4.59. The van der Waals surface area contributed by atoms with E-state index in [9.17, 15) is 26.4 Å². The minimum absolute atomic E-state index is 0.184. The van der Waals surface area contributed by atoms with Crippen molar-refractivity contribution < 1.29 is 31.5 Å². The molecule has 1 amide bonds. The van der Waals surface area contributed by atoms with Gasteiger partial charge in [-0.1, -0.05) is 6.07 Å². The monoisotopic (exact) mass is 365 g/mol. The maximum Gasteiger partial charge on any atom is 0.416 e. The van der Waals surface area contributed by atoms with Gasteiger partial charge in [-0.05, 0) is 49.8 Å². The molecule has 1 aromatic rings. The molecule has 2 rings (SSSR count). The zero-order valence-corrected chi connectivity index (χ0v) is 13.5. The van der Waals surface area contributed by atoms with Crippen LogP contribution in [0.4, 0.5) is 18.0 Å². The lowest BCUT2D eigenvalue weighted by atomic mass is 9.87. The number of amides is 1. The van der Waals surface area contributed by atoms with Gasteiger partial charge in [0.05, 0.1) is 16.2 Å². The Bertz CT molecular complexity index is 695. The zero-order chi connectivity index (χ0) is 18.0. The Hall–Kier alpha value is -1.77. The van der Waals surface area contributed by atoms with E-state index in [1.807, 2.05) is 0 Å². The van der Waals surface area contributed by atoms with Gasteiger partial charge in [-0.15, -0.1) is 0 Å². The maximum absolute atomic E-state index is 12.7. The summed E-state index contributed by atoms with van der Waals surface area (Å²) in [4.78, 5) is 10.2. The fourth-order valence-electron chi connectivity index (χ4n) is 2.92. The Labute approximate surface area is 137 Å².